The Bertz CT molecular complexity index is 1750. The molecule has 0 aromatic rings. The highest BCUT2D eigenvalue weighted by Crippen LogP contribution is 2.12. The third-order valence-corrected chi connectivity index (χ3v) is 11.7. The van der Waals surface area contributed by atoms with Crippen molar-refractivity contribution in [2.24, 2.45) is 0 Å². The van der Waals surface area contributed by atoms with Gasteiger partial charge in [-0.05, 0) is 135 Å². The van der Waals surface area contributed by atoms with Crippen molar-refractivity contribution in [1.29, 1.82) is 0 Å². The molecule has 1 unspecified atom stereocenters. The summed E-state index contributed by atoms with van der Waals surface area (Å²) >= 11 is 0. The summed E-state index contributed by atoms with van der Waals surface area (Å²) in [5.41, 5.74) is 0. The highest BCUT2D eigenvalue weighted by molar-refractivity contribution is 5.71. The zero-order valence-electron chi connectivity index (χ0n) is 47.7. The van der Waals surface area contributed by atoms with Crippen molar-refractivity contribution >= 4 is 17.9 Å². The van der Waals surface area contributed by atoms with Gasteiger partial charge >= 0.3 is 17.9 Å². The van der Waals surface area contributed by atoms with Gasteiger partial charge in [0.05, 0.1) is 0 Å². The molecule has 0 amide bonds. The largest absolute Gasteiger partial charge is 0.462 e. The minimum absolute atomic E-state index is 0.127. The molecule has 0 N–H and O–H groups in total. The molecular formula is C69H106O6. The van der Waals surface area contributed by atoms with Crippen LogP contribution in [0.25, 0.3) is 0 Å². The maximum atomic E-state index is 12.8. The number of esters is 3. The fraction of sp³-hybridized carbons (Fsp3) is 0.551. The molecule has 0 aliphatic rings. The Morgan fingerprint density at radius 1 is 0.280 bits per heavy atom. The van der Waals surface area contributed by atoms with Gasteiger partial charge in [-0.2, -0.15) is 0 Å². The molecular weight excluding hydrogens is 925 g/mol. The van der Waals surface area contributed by atoms with Gasteiger partial charge in [-0.15, -0.1) is 0 Å². The lowest BCUT2D eigenvalue weighted by Crippen LogP contribution is -2.30. The molecule has 6 nitrogen and oxygen atoms in total. The Balaban J connectivity index is 4.48. The molecule has 0 aromatic heterocycles. The number of ether oxygens (including phenoxy) is 3. The highest BCUT2D eigenvalue weighted by atomic mass is 16.6. The van der Waals surface area contributed by atoms with Crippen LogP contribution in [-0.2, 0) is 28.6 Å². The number of unbranched alkanes of at least 4 members (excludes halogenated alkanes) is 12. The fourth-order valence-corrected chi connectivity index (χ4v) is 7.31. The van der Waals surface area contributed by atoms with Crippen LogP contribution >= 0.6 is 0 Å². The summed E-state index contributed by atoms with van der Waals surface area (Å²) in [6.45, 7) is 6.26. The van der Waals surface area contributed by atoms with Crippen LogP contribution in [0.4, 0.5) is 0 Å². The first-order valence-corrected chi connectivity index (χ1v) is 29.6. The van der Waals surface area contributed by atoms with Crippen LogP contribution in [0.5, 0.6) is 0 Å². The minimum Gasteiger partial charge on any atom is -0.462 e. The van der Waals surface area contributed by atoms with E-state index < -0.39 is 12.1 Å². The molecule has 1 atom stereocenters. The average molecular weight is 1030 g/mol. The van der Waals surface area contributed by atoms with E-state index >= 15 is 0 Å². The van der Waals surface area contributed by atoms with Gasteiger partial charge in [0.1, 0.15) is 13.2 Å². The van der Waals surface area contributed by atoms with E-state index in [4.69, 9.17) is 14.2 Å². The lowest BCUT2D eigenvalue weighted by molar-refractivity contribution is -0.166. The van der Waals surface area contributed by atoms with E-state index in [1.165, 1.54) is 25.7 Å². The molecule has 75 heavy (non-hydrogen) atoms. The molecule has 0 aliphatic carbocycles. The second kappa shape index (κ2) is 61.3. The maximum absolute atomic E-state index is 12.8. The molecule has 0 saturated carbocycles. The predicted molar refractivity (Wildman–Crippen MR) is 325 cm³/mol. The van der Waals surface area contributed by atoms with Gasteiger partial charge in [0.15, 0.2) is 6.10 Å². The molecule has 0 fully saturated rings. The smallest absolute Gasteiger partial charge is 0.306 e. The number of allylic oxidation sites excluding steroid dienone is 28. The predicted octanol–water partition coefficient (Wildman–Crippen LogP) is 20.3. The van der Waals surface area contributed by atoms with Gasteiger partial charge in [-0.25, -0.2) is 0 Å². The van der Waals surface area contributed by atoms with E-state index in [9.17, 15) is 14.4 Å². The van der Waals surface area contributed by atoms with Gasteiger partial charge in [0.2, 0.25) is 0 Å². The van der Waals surface area contributed by atoms with Crippen LogP contribution in [0.3, 0.4) is 0 Å². The second-order valence-electron chi connectivity index (χ2n) is 18.8. The summed E-state index contributed by atoms with van der Waals surface area (Å²) in [6, 6.07) is 0. The van der Waals surface area contributed by atoms with Crippen LogP contribution in [0, 0.1) is 0 Å². The topological polar surface area (TPSA) is 78.9 Å². The Hall–Kier alpha value is -5.23. The van der Waals surface area contributed by atoms with E-state index in [0.29, 0.717) is 19.3 Å². The minimum atomic E-state index is -0.839. The molecule has 0 aliphatic heterocycles. The zero-order valence-corrected chi connectivity index (χ0v) is 47.7. The van der Waals surface area contributed by atoms with Crippen LogP contribution in [0.15, 0.2) is 170 Å². The fourth-order valence-electron chi connectivity index (χ4n) is 7.31. The van der Waals surface area contributed by atoms with Gasteiger partial charge in [0.25, 0.3) is 0 Å². The van der Waals surface area contributed by atoms with Gasteiger partial charge in [-0.3, -0.25) is 14.4 Å². The first-order valence-electron chi connectivity index (χ1n) is 29.6. The van der Waals surface area contributed by atoms with Crippen molar-refractivity contribution in [3.8, 4) is 0 Å². The zero-order chi connectivity index (χ0) is 54.3. The Morgan fingerprint density at radius 3 is 0.880 bits per heavy atom. The second-order valence-corrected chi connectivity index (χ2v) is 18.8. The maximum Gasteiger partial charge on any atom is 0.306 e. The number of hydrogen-bond donors (Lipinski definition) is 0. The highest BCUT2D eigenvalue weighted by Gasteiger charge is 2.19. The molecule has 0 saturated heterocycles. The third kappa shape index (κ3) is 59.5. The molecule has 0 aromatic carbocycles. The van der Waals surface area contributed by atoms with Crippen molar-refractivity contribution in [2.45, 2.75) is 232 Å². The van der Waals surface area contributed by atoms with E-state index in [0.717, 1.165) is 154 Å². The van der Waals surface area contributed by atoms with Crippen LogP contribution in [0.1, 0.15) is 226 Å². The SMILES string of the molecule is CC/C=C\C/C=C\C/C=C\C/C=C\C/C=C\C/C=C\C/C=C\CCCCCCCC(=O)OCC(COC(=O)CCCCCCC/C=C\CCCC)OC(=O)CC/C=C\C/C=C\C/C=C\C/C=C\C/C=C\C/C=C\CC. The average Bonchev–Trinajstić information content (AvgIpc) is 3.41. The summed E-state index contributed by atoms with van der Waals surface area (Å²) in [4.78, 5) is 38.1. The number of rotatable bonds is 51. The first-order chi connectivity index (χ1) is 37.0. The molecule has 0 radical (unpaired) electrons. The van der Waals surface area contributed by atoms with Crippen molar-refractivity contribution in [3.63, 3.8) is 0 Å². The Kier molecular flexibility index (Phi) is 57.0. The summed E-state index contributed by atoms with van der Waals surface area (Å²) in [6.07, 6.45) is 90.8. The quantitative estimate of drug-likeness (QED) is 0.0261. The van der Waals surface area contributed by atoms with E-state index in [1.54, 1.807) is 0 Å². The van der Waals surface area contributed by atoms with E-state index in [2.05, 4.69) is 179 Å². The third-order valence-electron chi connectivity index (χ3n) is 11.7. The number of carbonyl (C=O) groups is 3. The Morgan fingerprint density at radius 2 is 0.547 bits per heavy atom. The monoisotopic (exact) mass is 1030 g/mol. The standard InChI is InChI=1S/C69H106O6/c1-4-7-10-13-16-19-22-24-26-28-30-31-32-33-34-35-36-37-39-40-42-44-47-50-53-56-59-62-68(71)74-65-66(64-73-67(70)61-58-55-52-49-46-21-18-15-12-9-6-3)75-69(72)63-60-57-54-51-48-45-43-41-38-29-27-25-23-20-17-14-11-8-5-2/h7-8,10-11,15-20,24-27,30-31,33-34,36-38,40-42,45,48,54,57,66H,4-6,9,12-14,21-23,28-29,32,35,39,43-44,46-47,49-53,55-56,58-65H2,1-3H3/b10-7-,11-8-,18-15-,19-16-,20-17-,26-24-,27-25-,31-30-,34-33-,37-36-,41-38-,42-40-,48-45-,57-54-. The van der Waals surface area contributed by atoms with Crippen molar-refractivity contribution < 1.29 is 28.6 Å². The number of carbonyl (C=O) groups excluding carboxylic acids is 3. The molecule has 6 heteroatoms. The van der Waals surface area contributed by atoms with E-state index in [-0.39, 0.29) is 31.6 Å². The van der Waals surface area contributed by atoms with Crippen molar-refractivity contribution in [2.75, 3.05) is 13.2 Å². The normalized spacial score (nSPS) is 13.4. The van der Waals surface area contributed by atoms with Crippen LogP contribution < -0.4 is 0 Å². The van der Waals surface area contributed by atoms with Crippen molar-refractivity contribution in [3.05, 3.63) is 170 Å². The lowest BCUT2D eigenvalue weighted by atomic mass is 10.1. The molecule has 0 heterocycles. The van der Waals surface area contributed by atoms with Crippen LogP contribution in [-0.4, -0.2) is 37.2 Å². The lowest BCUT2D eigenvalue weighted by Gasteiger charge is -2.18. The van der Waals surface area contributed by atoms with Gasteiger partial charge in [0, 0.05) is 19.3 Å². The molecule has 0 spiro atoms. The van der Waals surface area contributed by atoms with Crippen LogP contribution in [0.2, 0.25) is 0 Å². The first kappa shape index (κ1) is 69.8. The number of hydrogen-bond acceptors (Lipinski definition) is 6. The van der Waals surface area contributed by atoms with Gasteiger partial charge < -0.3 is 14.2 Å². The summed E-state index contributed by atoms with van der Waals surface area (Å²) in [5.74, 6) is -1.05. The molecule has 418 valence electrons. The molecule has 0 rings (SSSR count). The van der Waals surface area contributed by atoms with E-state index in [1.807, 2.05) is 12.2 Å². The summed E-state index contributed by atoms with van der Waals surface area (Å²) in [7, 11) is 0. The Labute approximate surface area is 460 Å². The van der Waals surface area contributed by atoms with Crippen molar-refractivity contribution in [1.82, 2.24) is 0 Å². The summed E-state index contributed by atoms with van der Waals surface area (Å²) in [5, 5.41) is 0. The molecule has 0 bridgehead atoms. The summed E-state index contributed by atoms with van der Waals surface area (Å²) < 4.78 is 16.7. The van der Waals surface area contributed by atoms with Gasteiger partial charge in [-0.1, -0.05) is 242 Å².